The van der Waals surface area contributed by atoms with Gasteiger partial charge in [0.15, 0.2) is 0 Å². The molecule has 0 fully saturated rings. The van der Waals surface area contributed by atoms with E-state index in [1.807, 2.05) is 0 Å². The zero-order valence-corrected chi connectivity index (χ0v) is 28.7. The van der Waals surface area contributed by atoms with E-state index in [0.29, 0.717) is 0 Å². The highest BCUT2D eigenvalue weighted by Crippen LogP contribution is 2.55. The van der Waals surface area contributed by atoms with Gasteiger partial charge in [0.05, 0.1) is 13.4 Å². The van der Waals surface area contributed by atoms with E-state index in [9.17, 15) is 0 Å². The van der Waals surface area contributed by atoms with E-state index in [4.69, 9.17) is 4.74 Å². The van der Waals surface area contributed by atoms with Crippen LogP contribution in [0.15, 0.2) is 170 Å². The van der Waals surface area contributed by atoms with Crippen molar-refractivity contribution in [3.63, 3.8) is 0 Å². The highest BCUT2D eigenvalue weighted by Gasteiger charge is 2.27. The fourth-order valence-electron chi connectivity index (χ4n) is 9.27. The van der Waals surface area contributed by atoms with E-state index < -0.39 is 0 Å². The molecule has 0 saturated carbocycles. The summed E-state index contributed by atoms with van der Waals surface area (Å²) in [5.41, 5.74) is 8.62. The fraction of sp³-hybridized carbons (Fsp3) is 0.0196. The number of hydrogen-bond acceptors (Lipinski definition) is 1. The fourth-order valence-corrected chi connectivity index (χ4v) is 9.27. The van der Waals surface area contributed by atoms with E-state index in [0.717, 1.165) is 5.56 Å². The molecule has 11 rings (SSSR count). The molecular formula is C51H32O. The molecule has 0 bridgehead atoms. The first-order valence-electron chi connectivity index (χ1n) is 18.0. The minimum absolute atomic E-state index is 1.13. The van der Waals surface area contributed by atoms with Crippen molar-refractivity contribution in [1.29, 1.82) is 0 Å². The van der Waals surface area contributed by atoms with E-state index >= 15 is 0 Å². The molecule has 0 heterocycles. The molecule has 11 aromatic rings. The van der Waals surface area contributed by atoms with Gasteiger partial charge in [-0.1, -0.05) is 158 Å². The predicted octanol–water partition coefficient (Wildman–Crippen LogP) is 14.3. The van der Waals surface area contributed by atoms with Gasteiger partial charge in [-0.2, -0.15) is 0 Å². The van der Waals surface area contributed by atoms with Crippen molar-refractivity contribution < 1.29 is 4.74 Å². The Morgan fingerprint density at radius 3 is 1.63 bits per heavy atom. The second-order valence-corrected chi connectivity index (χ2v) is 13.9. The molecule has 0 spiro atoms. The Bertz CT molecular complexity index is 3190. The quantitative estimate of drug-likeness (QED) is 0.132. The summed E-state index contributed by atoms with van der Waals surface area (Å²) in [6.45, 7) is 0. The Hall–Kier alpha value is -6.70. The molecule has 0 radical (unpaired) electrons. The molecule has 52 heavy (non-hydrogen) atoms. The van der Waals surface area contributed by atoms with Crippen LogP contribution in [0.2, 0.25) is 0 Å². The largest absolute Gasteiger partial charge is 0.504 e. The van der Waals surface area contributed by atoms with Crippen molar-refractivity contribution in [3.05, 3.63) is 176 Å². The number of fused-ring (bicyclic) bond motifs is 8. The molecule has 1 nitrogen and oxygen atoms in total. The average Bonchev–Trinajstić information content (AvgIpc) is 3.71. The lowest BCUT2D eigenvalue weighted by atomic mass is 9.84. The van der Waals surface area contributed by atoms with E-state index in [1.54, 1.807) is 13.4 Å². The van der Waals surface area contributed by atoms with Crippen molar-refractivity contribution in [1.82, 2.24) is 0 Å². The van der Waals surface area contributed by atoms with Crippen LogP contribution in [0, 0.1) is 0 Å². The van der Waals surface area contributed by atoms with Crippen molar-refractivity contribution in [3.8, 4) is 33.4 Å². The molecule has 0 aliphatic heterocycles. The zero-order valence-electron chi connectivity index (χ0n) is 28.7. The second kappa shape index (κ2) is 11.2. The van der Waals surface area contributed by atoms with Crippen LogP contribution < -0.4 is 0 Å². The Labute approximate surface area is 301 Å². The molecule has 1 heteroatoms. The monoisotopic (exact) mass is 660 g/mol. The maximum Gasteiger partial charge on any atom is 0.0830 e. The van der Waals surface area contributed by atoms with Crippen LogP contribution in [0.1, 0.15) is 5.56 Å². The highest BCUT2D eigenvalue weighted by molar-refractivity contribution is 6.45. The summed E-state index contributed by atoms with van der Waals surface area (Å²) in [6.07, 6.45) is 3.82. The number of ether oxygens (including phenoxy) is 1. The van der Waals surface area contributed by atoms with Gasteiger partial charge in [0.1, 0.15) is 0 Å². The summed E-state index contributed by atoms with van der Waals surface area (Å²) in [5.74, 6) is 0. The molecule has 0 saturated heterocycles. The molecule has 0 aliphatic carbocycles. The van der Waals surface area contributed by atoms with E-state index in [2.05, 4.69) is 170 Å². The molecule has 242 valence electrons. The van der Waals surface area contributed by atoms with Crippen molar-refractivity contribution in [2.45, 2.75) is 0 Å². The van der Waals surface area contributed by atoms with Crippen molar-refractivity contribution >= 4 is 81.5 Å². The first-order chi connectivity index (χ1) is 25.8. The standard InChI is InChI=1S/C51H32O/c1-52-29-28-31-14-8-9-19-34(31)37-26-27-42-47-39(37)23-13-25-41(47)50-45(32-15-4-2-5-16-32)44-30-43-36-21-11-10-20-35(36)38-22-12-24-40(48(38)43)49(44)46(51(42)50)33-17-6-3-7-18-33/h2-30H,1H3/b29-28+. The molecule has 0 aliphatic rings. The zero-order chi connectivity index (χ0) is 34.3. The third kappa shape index (κ3) is 3.94. The van der Waals surface area contributed by atoms with Gasteiger partial charge in [-0.25, -0.2) is 0 Å². The normalized spacial score (nSPS) is 12.2. The Morgan fingerprint density at radius 1 is 0.346 bits per heavy atom. The Balaban J connectivity index is 1.42. The Morgan fingerprint density at radius 2 is 0.885 bits per heavy atom. The van der Waals surface area contributed by atoms with Crippen LogP contribution in [0.4, 0.5) is 0 Å². The minimum atomic E-state index is 1.13. The van der Waals surface area contributed by atoms with E-state index in [1.165, 1.54) is 109 Å². The van der Waals surface area contributed by atoms with Crippen LogP contribution in [0.25, 0.3) is 115 Å². The van der Waals surface area contributed by atoms with Gasteiger partial charge in [0.2, 0.25) is 0 Å². The van der Waals surface area contributed by atoms with Gasteiger partial charge >= 0.3 is 0 Å². The van der Waals surface area contributed by atoms with E-state index in [-0.39, 0.29) is 0 Å². The number of hydrogen-bond donors (Lipinski definition) is 0. The first-order valence-corrected chi connectivity index (χ1v) is 18.0. The van der Waals surface area contributed by atoms with Crippen LogP contribution in [0.5, 0.6) is 0 Å². The SMILES string of the molecule is CO/C=C/c1ccccc1-c1ccc2c3c(-c4ccccc4)c4c(cc5c6ccccc6c6cccc4c65)c(-c4ccccc4)c3c3cccc1c32. The van der Waals surface area contributed by atoms with Gasteiger partial charge in [-0.05, 0) is 126 Å². The maximum atomic E-state index is 5.35. The lowest BCUT2D eigenvalue weighted by Crippen LogP contribution is -1.91. The van der Waals surface area contributed by atoms with Crippen LogP contribution in [-0.2, 0) is 4.74 Å². The summed E-state index contributed by atoms with van der Waals surface area (Å²) in [6, 6.07) is 60.7. The van der Waals surface area contributed by atoms with Crippen LogP contribution >= 0.6 is 0 Å². The summed E-state index contributed by atoms with van der Waals surface area (Å²) in [7, 11) is 1.70. The topological polar surface area (TPSA) is 9.23 Å². The minimum Gasteiger partial charge on any atom is -0.504 e. The molecule has 0 aromatic heterocycles. The third-order valence-corrected chi connectivity index (χ3v) is 11.3. The summed E-state index contributed by atoms with van der Waals surface area (Å²) < 4.78 is 5.35. The number of rotatable bonds is 5. The number of methoxy groups -OCH3 is 1. The molecule has 0 N–H and O–H groups in total. The molecule has 0 unspecified atom stereocenters. The molecular weight excluding hydrogens is 629 g/mol. The van der Waals surface area contributed by atoms with Gasteiger partial charge in [-0.3, -0.25) is 0 Å². The lowest BCUT2D eigenvalue weighted by Gasteiger charge is -2.19. The maximum absolute atomic E-state index is 5.35. The molecule has 11 aromatic carbocycles. The summed E-state index contributed by atoms with van der Waals surface area (Å²) in [5, 5.41) is 18.3. The number of benzene rings is 9. The lowest BCUT2D eigenvalue weighted by molar-refractivity contribution is 0.341. The molecule has 0 amide bonds. The van der Waals surface area contributed by atoms with Crippen LogP contribution in [0.3, 0.4) is 0 Å². The first kappa shape index (κ1) is 29.1. The second-order valence-electron chi connectivity index (χ2n) is 13.9. The Kier molecular flexibility index (Phi) is 6.23. The van der Waals surface area contributed by atoms with Crippen molar-refractivity contribution in [2.75, 3.05) is 7.11 Å². The van der Waals surface area contributed by atoms with Crippen LogP contribution in [-0.4, -0.2) is 7.11 Å². The molecule has 0 atom stereocenters. The third-order valence-electron chi connectivity index (χ3n) is 11.3. The van der Waals surface area contributed by atoms with Gasteiger partial charge in [0, 0.05) is 0 Å². The van der Waals surface area contributed by atoms with Gasteiger partial charge in [0.25, 0.3) is 0 Å². The van der Waals surface area contributed by atoms with Gasteiger partial charge in [-0.15, -0.1) is 0 Å². The summed E-state index contributed by atoms with van der Waals surface area (Å²) in [4.78, 5) is 0. The average molecular weight is 661 g/mol. The van der Waals surface area contributed by atoms with Gasteiger partial charge < -0.3 is 4.74 Å². The highest BCUT2D eigenvalue weighted by atomic mass is 16.5. The summed E-state index contributed by atoms with van der Waals surface area (Å²) >= 11 is 0. The van der Waals surface area contributed by atoms with Crippen molar-refractivity contribution in [2.24, 2.45) is 0 Å². The smallest absolute Gasteiger partial charge is 0.0830 e. The predicted molar refractivity (Wildman–Crippen MR) is 224 cm³/mol.